The number of nitrogens with zero attached hydrogens (tertiary/aromatic N) is 1. The second kappa shape index (κ2) is 4.01. The van der Waals surface area contributed by atoms with Crippen molar-refractivity contribution >= 4 is 11.3 Å². The molecule has 12 heavy (non-hydrogen) atoms. The molecule has 0 saturated heterocycles. The van der Waals surface area contributed by atoms with Crippen molar-refractivity contribution in [3.8, 4) is 0 Å². The molecule has 68 valence electrons. The average molecular weight is 184 g/mol. The molecule has 0 unspecified atom stereocenters. The fourth-order valence-electron chi connectivity index (χ4n) is 1.00. The molecule has 0 spiro atoms. The molecule has 0 fully saturated rings. The van der Waals surface area contributed by atoms with Gasteiger partial charge in [-0.2, -0.15) is 0 Å². The zero-order chi connectivity index (χ0) is 9.14. The molecule has 0 bridgehead atoms. The Kier molecular flexibility index (Phi) is 3.23. The van der Waals surface area contributed by atoms with Crippen LogP contribution in [0.25, 0.3) is 0 Å². The highest BCUT2D eigenvalue weighted by atomic mass is 32.1. The lowest BCUT2D eigenvalue weighted by molar-refractivity contribution is 0.745. The third-order valence-electron chi connectivity index (χ3n) is 1.59. The molecule has 1 rings (SSSR count). The Morgan fingerprint density at radius 2 is 2.17 bits per heavy atom. The normalized spacial score (nSPS) is 13.8. The summed E-state index contributed by atoms with van der Waals surface area (Å²) in [5.41, 5.74) is 5.69. The van der Waals surface area contributed by atoms with Crippen molar-refractivity contribution < 1.29 is 0 Å². The summed E-state index contributed by atoms with van der Waals surface area (Å²) >= 11 is 1.78. The molecule has 0 saturated carbocycles. The smallest absolute Gasteiger partial charge is 0.0953 e. The van der Waals surface area contributed by atoms with Crippen molar-refractivity contribution in [1.29, 1.82) is 0 Å². The van der Waals surface area contributed by atoms with Crippen LogP contribution in [0, 0.1) is 0 Å². The highest BCUT2D eigenvalue weighted by Crippen LogP contribution is 2.21. The molecule has 0 aliphatic rings. The van der Waals surface area contributed by atoms with Crippen LogP contribution in [-0.4, -0.2) is 11.0 Å². The van der Waals surface area contributed by atoms with Crippen LogP contribution in [0.3, 0.4) is 0 Å². The Labute approximate surface area is 77.8 Å². The summed E-state index contributed by atoms with van der Waals surface area (Å²) in [5, 5.41) is 1.21. The van der Waals surface area contributed by atoms with Crippen LogP contribution >= 0.6 is 11.3 Å². The van der Waals surface area contributed by atoms with E-state index in [0.717, 1.165) is 6.42 Å². The maximum atomic E-state index is 5.69. The van der Waals surface area contributed by atoms with Crippen molar-refractivity contribution in [2.24, 2.45) is 5.73 Å². The first-order valence-electron chi connectivity index (χ1n) is 4.29. The van der Waals surface area contributed by atoms with Gasteiger partial charge in [-0.05, 0) is 13.3 Å². The van der Waals surface area contributed by atoms with Crippen molar-refractivity contribution in [2.75, 3.05) is 0 Å². The van der Waals surface area contributed by atoms with Crippen molar-refractivity contribution in [3.05, 3.63) is 16.1 Å². The molecule has 0 aromatic carbocycles. The second-order valence-corrected chi connectivity index (χ2v) is 4.65. The van der Waals surface area contributed by atoms with Gasteiger partial charge in [0.1, 0.15) is 0 Å². The summed E-state index contributed by atoms with van der Waals surface area (Å²) in [6.45, 7) is 6.34. The van der Waals surface area contributed by atoms with E-state index in [1.807, 2.05) is 13.1 Å². The largest absolute Gasteiger partial charge is 0.328 e. The predicted molar refractivity (Wildman–Crippen MR) is 53.6 cm³/mol. The molecule has 0 aliphatic heterocycles. The molecule has 3 heteroatoms. The highest BCUT2D eigenvalue weighted by molar-refractivity contribution is 7.11. The SMILES string of the molecule is CC(C)c1ncc(C[C@@H](C)N)s1. The van der Waals surface area contributed by atoms with E-state index < -0.39 is 0 Å². The van der Waals surface area contributed by atoms with Crippen LogP contribution in [0.2, 0.25) is 0 Å². The lowest BCUT2D eigenvalue weighted by Crippen LogP contribution is -2.16. The van der Waals surface area contributed by atoms with Gasteiger partial charge in [0.25, 0.3) is 0 Å². The summed E-state index contributed by atoms with van der Waals surface area (Å²) in [6, 6.07) is 0.241. The van der Waals surface area contributed by atoms with Gasteiger partial charge in [-0.15, -0.1) is 11.3 Å². The minimum absolute atomic E-state index is 0.241. The number of aromatic nitrogens is 1. The molecule has 0 amide bonds. The summed E-state index contributed by atoms with van der Waals surface area (Å²) in [7, 11) is 0. The average Bonchev–Trinajstić information content (AvgIpc) is 2.34. The Bertz CT molecular complexity index is 240. The maximum Gasteiger partial charge on any atom is 0.0953 e. The van der Waals surface area contributed by atoms with Gasteiger partial charge in [-0.25, -0.2) is 4.98 Å². The van der Waals surface area contributed by atoms with Crippen LogP contribution < -0.4 is 5.73 Å². The third-order valence-corrected chi connectivity index (χ3v) is 2.91. The first kappa shape index (κ1) is 9.68. The standard InChI is InChI=1S/C9H16N2S/c1-6(2)9-11-5-8(12-9)4-7(3)10/h5-7H,4,10H2,1-3H3/t7-/m1/s1. The lowest BCUT2D eigenvalue weighted by Gasteiger charge is -2.00. The maximum absolute atomic E-state index is 5.69. The first-order chi connectivity index (χ1) is 5.59. The summed E-state index contributed by atoms with van der Waals surface area (Å²) in [6.07, 6.45) is 2.90. The van der Waals surface area contributed by atoms with Crippen LogP contribution in [-0.2, 0) is 6.42 Å². The summed E-state index contributed by atoms with van der Waals surface area (Å²) in [4.78, 5) is 5.63. The number of hydrogen-bond donors (Lipinski definition) is 1. The van der Waals surface area contributed by atoms with Gasteiger partial charge >= 0.3 is 0 Å². The summed E-state index contributed by atoms with van der Waals surface area (Å²) in [5.74, 6) is 0.539. The van der Waals surface area contributed by atoms with E-state index >= 15 is 0 Å². The molecule has 2 N–H and O–H groups in total. The van der Waals surface area contributed by atoms with E-state index in [0.29, 0.717) is 5.92 Å². The topological polar surface area (TPSA) is 38.9 Å². The Morgan fingerprint density at radius 3 is 2.58 bits per heavy atom. The summed E-state index contributed by atoms with van der Waals surface area (Å²) < 4.78 is 0. The molecule has 1 heterocycles. The monoisotopic (exact) mass is 184 g/mol. The van der Waals surface area contributed by atoms with E-state index in [1.165, 1.54) is 9.88 Å². The van der Waals surface area contributed by atoms with Gasteiger partial charge in [0, 0.05) is 23.0 Å². The molecule has 1 aromatic heterocycles. The molecule has 1 aromatic rings. The fraction of sp³-hybridized carbons (Fsp3) is 0.667. The van der Waals surface area contributed by atoms with E-state index in [4.69, 9.17) is 5.73 Å². The van der Waals surface area contributed by atoms with Crippen LogP contribution in [0.1, 0.15) is 36.6 Å². The quantitative estimate of drug-likeness (QED) is 0.781. The minimum Gasteiger partial charge on any atom is -0.328 e. The van der Waals surface area contributed by atoms with Crippen LogP contribution in [0.15, 0.2) is 6.20 Å². The number of hydrogen-bond acceptors (Lipinski definition) is 3. The van der Waals surface area contributed by atoms with E-state index in [-0.39, 0.29) is 6.04 Å². The van der Waals surface area contributed by atoms with Crippen molar-refractivity contribution in [3.63, 3.8) is 0 Å². The van der Waals surface area contributed by atoms with Crippen LogP contribution in [0.5, 0.6) is 0 Å². The van der Waals surface area contributed by atoms with Crippen molar-refractivity contribution in [2.45, 2.75) is 39.2 Å². The van der Waals surface area contributed by atoms with Crippen molar-refractivity contribution in [1.82, 2.24) is 4.98 Å². The molecule has 0 radical (unpaired) electrons. The van der Waals surface area contributed by atoms with E-state index in [1.54, 1.807) is 11.3 Å². The molecular formula is C9H16N2S. The Morgan fingerprint density at radius 1 is 1.50 bits per heavy atom. The van der Waals surface area contributed by atoms with Gasteiger partial charge in [-0.1, -0.05) is 13.8 Å². The zero-order valence-corrected chi connectivity index (χ0v) is 8.69. The zero-order valence-electron chi connectivity index (χ0n) is 7.87. The first-order valence-corrected chi connectivity index (χ1v) is 5.11. The third kappa shape index (κ3) is 2.57. The minimum atomic E-state index is 0.241. The molecule has 2 nitrogen and oxygen atoms in total. The lowest BCUT2D eigenvalue weighted by atomic mass is 10.2. The Hall–Kier alpha value is -0.410. The highest BCUT2D eigenvalue weighted by Gasteiger charge is 2.06. The van der Waals surface area contributed by atoms with Gasteiger partial charge in [0.05, 0.1) is 5.01 Å². The molecule has 1 atom stereocenters. The predicted octanol–water partition coefficient (Wildman–Crippen LogP) is 2.16. The second-order valence-electron chi connectivity index (χ2n) is 3.50. The Balaban J connectivity index is 2.64. The van der Waals surface area contributed by atoms with Gasteiger partial charge < -0.3 is 5.73 Å². The van der Waals surface area contributed by atoms with E-state index in [9.17, 15) is 0 Å². The molecular weight excluding hydrogens is 168 g/mol. The van der Waals surface area contributed by atoms with Crippen LogP contribution in [0.4, 0.5) is 0 Å². The number of nitrogens with two attached hydrogens (primary N) is 1. The fourth-order valence-corrected chi connectivity index (χ4v) is 2.06. The van der Waals surface area contributed by atoms with Gasteiger partial charge in [-0.3, -0.25) is 0 Å². The number of rotatable bonds is 3. The molecule has 0 aliphatic carbocycles. The van der Waals surface area contributed by atoms with Gasteiger partial charge in [0.15, 0.2) is 0 Å². The van der Waals surface area contributed by atoms with E-state index in [2.05, 4.69) is 18.8 Å². The number of thiazole rings is 1. The van der Waals surface area contributed by atoms with Gasteiger partial charge in [0.2, 0.25) is 0 Å².